The maximum Gasteiger partial charge on any atom is 0.358 e. The van der Waals surface area contributed by atoms with Crippen molar-refractivity contribution in [3.8, 4) is 11.5 Å². The fraction of sp³-hybridized carbons (Fsp3) is 0.214. The Hall–Kier alpha value is -2.63. The first-order valence-corrected chi connectivity index (χ1v) is 5.88. The number of ether oxygens (including phenoxy) is 3. The van der Waals surface area contributed by atoms with Crippen LogP contribution in [-0.4, -0.2) is 30.2 Å². The number of carbonyl (C=O) groups excluding carboxylic acids is 1. The lowest BCUT2D eigenvalue weighted by Crippen LogP contribution is -2.08. The van der Waals surface area contributed by atoms with E-state index in [1.807, 2.05) is 0 Å². The summed E-state index contributed by atoms with van der Waals surface area (Å²) >= 11 is 0. The van der Waals surface area contributed by atoms with E-state index in [0.717, 1.165) is 0 Å². The van der Waals surface area contributed by atoms with Gasteiger partial charge in [-0.05, 0) is 18.2 Å². The smallest absolute Gasteiger partial charge is 0.358 e. The van der Waals surface area contributed by atoms with Crippen LogP contribution in [-0.2, 0) is 11.3 Å². The first-order valence-electron chi connectivity index (χ1n) is 5.88. The molecule has 2 aromatic rings. The Labute approximate surface area is 116 Å². The fourth-order valence-electron chi connectivity index (χ4n) is 1.62. The lowest BCUT2D eigenvalue weighted by atomic mass is 10.2. The first kappa shape index (κ1) is 13.8. The van der Waals surface area contributed by atoms with Crippen LogP contribution in [0.3, 0.4) is 0 Å². The number of aromatic nitrogens is 2. The molecule has 6 nitrogen and oxygen atoms in total. The Bertz CT molecular complexity index is 587. The summed E-state index contributed by atoms with van der Waals surface area (Å²) in [5.41, 5.74) is 0.874. The molecule has 0 aliphatic carbocycles. The summed E-state index contributed by atoms with van der Waals surface area (Å²) in [6.45, 7) is 0.0653. The Kier molecular flexibility index (Phi) is 4.49. The lowest BCUT2D eigenvalue weighted by molar-refractivity contribution is 0.0462. The molecule has 0 bridgehead atoms. The van der Waals surface area contributed by atoms with E-state index in [1.54, 1.807) is 32.4 Å². The molecule has 0 atom stereocenters. The van der Waals surface area contributed by atoms with Gasteiger partial charge in [-0.3, -0.25) is 4.98 Å². The number of methoxy groups -OCH3 is 2. The molecular weight excluding hydrogens is 260 g/mol. The van der Waals surface area contributed by atoms with Gasteiger partial charge in [0, 0.05) is 18.0 Å². The highest BCUT2D eigenvalue weighted by atomic mass is 16.5. The van der Waals surface area contributed by atoms with E-state index < -0.39 is 5.97 Å². The van der Waals surface area contributed by atoms with Gasteiger partial charge < -0.3 is 14.2 Å². The molecule has 0 spiro atoms. The molecule has 0 saturated carbocycles. The largest absolute Gasteiger partial charge is 0.497 e. The zero-order valence-corrected chi connectivity index (χ0v) is 11.2. The maximum absolute atomic E-state index is 11.8. The third kappa shape index (κ3) is 3.23. The molecule has 6 heteroatoms. The van der Waals surface area contributed by atoms with Crippen molar-refractivity contribution in [3.05, 3.63) is 48.0 Å². The lowest BCUT2D eigenvalue weighted by Gasteiger charge is -2.10. The normalized spacial score (nSPS) is 9.90. The van der Waals surface area contributed by atoms with Crippen LogP contribution in [0.25, 0.3) is 0 Å². The molecule has 1 aromatic heterocycles. The number of esters is 1. The van der Waals surface area contributed by atoms with E-state index >= 15 is 0 Å². The van der Waals surface area contributed by atoms with Crippen molar-refractivity contribution < 1.29 is 19.0 Å². The van der Waals surface area contributed by atoms with Crippen LogP contribution < -0.4 is 9.47 Å². The summed E-state index contributed by atoms with van der Waals surface area (Å²) in [4.78, 5) is 19.5. The maximum atomic E-state index is 11.8. The molecule has 0 saturated heterocycles. The van der Waals surface area contributed by atoms with E-state index in [9.17, 15) is 4.79 Å². The minimum absolute atomic E-state index is 0.0653. The molecule has 104 valence electrons. The summed E-state index contributed by atoms with van der Waals surface area (Å²) in [6.07, 6.45) is 4.27. The Morgan fingerprint density at radius 1 is 1.20 bits per heavy atom. The number of hydrogen-bond donors (Lipinski definition) is 0. The van der Waals surface area contributed by atoms with Gasteiger partial charge in [0.15, 0.2) is 5.69 Å². The van der Waals surface area contributed by atoms with E-state index in [2.05, 4.69) is 9.97 Å². The van der Waals surface area contributed by atoms with Gasteiger partial charge in [-0.25, -0.2) is 9.78 Å². The SMILES string of the molecule is COc1ccc(OC)c(COC(=O)c2cnccn2)c1. The summed E-state index contributed by atoms with van der Waals surface area (Å²) in [7, 11) is 3.12. The highest BCUT2D eigenvalue weighted by Gasteiger charge is 2.11. The van der Waals surface area contributed by atoms with E-state index in [4.69, 9.17) is 14.2 Å². The Morgan fingerprint density at radius 3 is 2.70 bits per heavy atom. The van der Waals surface area contributed by atoms with Gasteiger partial charge in [0.25, 0.3) is 0 Å². The number of rotatable bonds is 5. The van der Waals surface area contributed by atoms with Crippen molar-refractivity contribution in [2.75, 3.05) is 14.2 Å². The third-order valence-corrected chi connectivity index (χ3v) is 2.62. The van der Waals surface area contributed by atoms with Crippen LogP contribution in [0.15, 0.2) is 36.8 Å². The second-order valence-corrected chi connectivity index (χ2v) is 3.84. The van der Waals surface area contributed by atoms with Gasteiger partial charge in [-0.2, -0.15) is 0 Å². The number of benzene rings is 1. The molecule has 0 N–H and O–H groups in total. The highest BCUT2D eigenvalue weighted by molar-refractivity contribution is 5.86. The van der Waals surface area contributed by atoms with Crippen molar-refractivity contribution in [2.45, 2.75) is 6.61 Å². The summed E-state index contributed by atoms with van der Waals surface area (Å²) < 4.78 is 15.5. The number of nitrogens with zero attached hydrogens (tertiary/aromatic N) is 2. The van der Waals surface area contributed by atoms with Gasteiger partial charge in [0.05, 0.1) is 20.4 Å². The predicted molar refractivity (Wildman–Crippen MR) is 70.7 cm³/mol. The van der Waals surface area contributed by atoms with Gasteiger partial charge in [-0.15, -0.1) is 0 Å². The predicted octanol–water partition coefficient (Wildman–Crippen LogP) is 1.85. The van der Waals surface area contributed by atoms with Gasteiger partial charge in [0.1, 0.15) is 18.1 Å². The topological polar surface area (TPSA) is 70.5 Å². The van der Waals surface area contributed by atoms with Crippen molar-refractivity contribution in [1.29, 1.82) is 0 Å². The molecule has 0 radical (unpaired) electrons. The molecule has 0 fully saturated rings. The molecule has 20 heavy (non-hydrogen) atoms. The van der Waals surface area contributed by atoms with Crippen molar-refractivity contribution >= 4 is 5.97 Å². The average molecular weight is 274 g/mol. The summed E-state index contributed by atoms with van der Waals surface area (Å²) in [6, 6.07) is 5.28. The minimum Gasteiger partial charge on any atom is -0.497 e. The van der Waals surface area contributed by atoms with Gasteiger partial charge in [-0.1, -0.05) is 0 Å². The summed E-state index contributed by atoms with van der Waals surface area (Å²) in [5.74, 6) is 0.747. The van der Waals surface area contributed by atoms with Crippen molar-refractivity contribution in [1.82, 2.24) is 9.97 Å². The standard InChI is InChI=1S/C14H14N2O4/c1-18-11-3-4-13(19-2)10(7-11)9-20-14(17)12-8-15-5-6-16-12/h3-8H,9H2,1-2H3. The third-order valence-electron chi connectivity index (χ3n) is 2.62. The molecule has 0 aliphatic heterocycles. The van der Waals surface area contributed by atoms with Gasteiger partial charge in [0.2, 0.25) is 0 Å². The molecular formula is C14H14N2O4. The minimum atomic E-state index is -0.539. The summed E-state index contributed by atoms with van der Waals surface area (Å²) in [5, 5.41) is 0. The van der Waals surface area contributed by atoms with Crippen LogP contribution >= 0.6 is 0 Å². The zero-order valence-electron chi connectivity index (χ0n) is 11.2. The van der Waals surface area contributed by atoms with Crippen LogP contribution in [0.2, 0.25) is 0 Å². The second kappa shape index (κ2) is 6.51. The molecule has 0 aliphatic rings. The molecule has 1 heterocycles. The quantitative estimate of drug-likeness (QED) is 0.775. The Morgan fingerprint density at radius 2 is 2.05 bits per heavy atom. The van der Waals surface area contributed by atoms with E-state index in [-0.39, 0.29) is 12.3 Å². The second-order valence-electron chi connectivity index (χ2n) is 3.84. The van der Waals surface area contributed by atoms with Gasteiger partial charge >= 0.3 is 5.97 Å². The van der Waals surface area contributed by atoms with Crippen molar-refractivity contribution in [2.24, 2.45) is 0 Å². The fourth-order valence-corrected chi connectivity index (χ4v) is 1.62. The van der Waals surface area contributed by atoms with Crippen LogP contribution in [0.5, 0.6) is 11.5 Å². The van der Waals surface area contributed by atoms with E-state index in [1.165, 1.54) is 18.6 Å². The molecule has 0 amide bonds. The number of carbonyl (C=O) groups is 1. The zero-order chi connectivity index (χ0) is 14.4. The monoisotopic (exact) mass is 274 g/mol. The van der Waals surface area contributed by atoms with Crippen molar-refractivity contribution in [3.63, 3.8) is 0 Å². The molecule has 1 aromatic carbocycles. The average Bonchev–Trinajstić information content (AvgIpc) is 2.53. The Balaban J connectivity index is 2.08. The van der Waals surface area contributed by atoms with Crippen LogP contribution in [0, 0.1) is 0 Å². The highest BCUT2D eigenvalue weighted by Crippen LogP contribution is 2.24. The molecule has 0 unspecified atom stereocenters. The number of hydrogen-bond acceptors (Lipinski definition) is 6. The van der Waals surface area contributed by atoms with Crippen LogP contribution in [0.4, 0.5) is 0 Å². The first-order chi connectivity index (χ1) is 9.74. The van der Waals surface area contributed by atoms with Crippen LogP contribution in [0.1, 0.15) is 16.1 Å². The van der Waals surface area contributed by atoms with E-state index in [0.29, 0.717) is 17.1 Å². The molecule has 2 rings (SSSR count).